The number of benzene rings is 2. The van der Waals surface area contributed by atoms with Crippen molar-refractivity contribution in [2.45, 2.75) is 32.8 Å². The molecule has 3 rings (SSSR count). The molecule has 172 valence electrons. The number of nitrogens with zero attached hydrogens (tertiary/aromatic N) is 3. The lowest BCUT2D eigenvalue weighted by Gasteiger charge is -2.18. The molecular formula is C24H24BrN3O5. The van der Waals surface area contributed by atoms with Crippen molar-refractivity contribution in [3.05, 3.63) is 74.8 Å². The van der Waals surface area contributed by atoms with E-state index < -0.39 is 12.1 Å². The predicted octanol–water partition coefficient (Wildman–Crippen LogP) is 4.19. The quantitative estimate of drug-likeness (QED) is 0.339. The van der Waals surface area contributed by atoms with E-state index in [9.17, 15) is 14.7 Å². The summed E-state index contributed by atoms with van der Waals surface area (Å²) in [5.41, 5.74) is 1.66. The molecule has 1 heterocycles. The highest BCUT2D eigenvalue weighted by Gasteiger charge is 2.19. The Hall–Kier alpha value is -3.46. The van der Waals surface area contributed by atoms with Gasteiger partial charge < -0.3 is 14.6 Å². The van der Waals surface area contributed by atoms with Gasteiger partial charge in [0.2, 0.25) is 0 Å². The maximum atomic E-state index is 13.1. The van der Waals surface area contributed by atoms with E-state index in [1.165, 1.54) is 24.9 Å². The summed E-state index contributed by atoms with van der Waals surface area (Å²) in [5, 5.41) is 14.1. The molecular weight excluding hydrogens is 490 g/mol. The summed E-state index contributed by atoms with van der Waals surface area (Å²) >= 11 is 3.39. The van der Waals surface area contributed by atoms with Gasteiger partial charge in [-0.3, -0.25) is 4.79 Å². The van der Waals surface area contributed by atoms with Crippen LogP contribution in [0.4, 0.5) is 0 Å². The molecule has 0 bridgehead atoms. The Labute approximate surface area is 199 Å². The number of hydrogen-bond donors (Lipinski definition) is 1. The van der Waals surface area contributed by atoms with Crippen molar-refractivity contribution in [2.75, 3.05) is 7.11 Å². The minimum absolute atomic E-state index is 0.275. The zero-order valence-corrected chi connectivity index (χ0v) is 20.1. The molecule has 33 heavy (non-hydrogen) atoms. The van der Waals surface area contributed by atoms with Crippen LogP contribution in [0, 0.1) is 0 Å². The Morgan fingerprint density at radius 3 is 2.76 bits per heavy atom. The van der Waals surface area contributed by atoms with Gasteiger partial charge in [-0.2, -0.15) is 9.78 Å². The smallest absolute Gasteiger partial charge is 0.344 e. The lowest BCUT2D eigenvalue weighted by Crippen LogP contribution is -2.24. The number of ether oxygens (including phenoxy) is 2. The molecule has 1 atom stereocenters. The van der Waals surface area contributed by atoms with Crippen LogP contribution in [0.1, 0.15) is 30.8 Å². The van der Waals surface area contributed by atoms with Crippen molar-refractivity contribution in [3.63, 3.8) is 0 Å². The van der Waals surface area contributed by atoms with Crippen molar-refractivity contribution < 1.29 is 19.4 Å². The highest BCUT2D eigenvalue weighted by atomic mass is 79.9. The largest absolute Gasteiger partial charge is 0.493 e. The summed E-state index contributed by atoms with van der Waals surface area (Å²) in [6.45, 7) is 7.10. The second-order valence-corrected chi connectivity index (χ2v) is 8.12. The van der Waals surface area contributed by atoms with Crippen LogP contribution >= 0.6 is 15.9 Å². The Kier molecular flexibility index (Phi) is 7.65. The fourth-order valence-electron chi connectivity index (χ4n) is 3.24. The van der Waals surface area contributed by atoms with Crippen molar-refractivity contribution in [1.82, 2.24) is 9.66 Å². The summed E-state index contributed by atoms with van der Waals surface area (Å²) < 4.78 is 13.1. The van der Waals surface area contributed by atoms with Gasteiger partial charge in [-0.25, -0.2) is 9.78 Å². The van der Waals surface area contributed by atoms with E-state index in [0.29, 0.717) is 52.2 Å². The van der Waals surface area contributed by atoms with Crippen molar-refractivity contribution in [3.8, 4) is 11.5 Å². The second-order valence-electron chi connectivity index (χ2n) is 7.21. The Morgan fingerprint density at radius 2 is 2.12 bits per heavy atom. The second kappa shape index (κ2) is 10.4. The minimum atomic E-state index is -1.09. The molecule has 1 aromatic heterocycles. The van der Waals surface area contributed by atoms with Crippen LogP contribution in [0.3, 0.4) is 0 Å². The van der Waals surface area contributed by atoms with Crippen LogP contribution in [0.25, 0.3) is 10.9 Å². The zero-order chi connectivity index (χ0) is 24.1. The number of aliphatic carboxylic acids is 1. The number of methoxy groups -OCH3 is 1. The Morgan fingerprint density at radius 1 is 1.36 bits per heavy atom. The number of carboxylic acid groups (broad SMARTS) is 1. The number of fused-ring (bicyclic) bond motifs is 1. The van der Waals surface area contributed by atoms with Crippen molar-refractivity contribution in [2.24, 2.45) is 5.10 Å². The van der Waals surface area contributed by atoms with Gasteiger partial charge in [0, 0.05) is 16.5 Å². The molecule has 0 radical (unpaired) electrons. The third kappa shape index (κ3) is 5.31. The molecule has 9 heteroatoms. The molecule has 0 saturated carbocycles. The molecule has 0 aliphatic rings. The standard InChI is InChI=1S/C24H24BrN3O5/c1-5-7-16-10-15(11-20(32-4)22(16)33-14(3)24(30)31)13-26-28-21(6-2)27-19-9-8-17(25)12-18(19)23(28)29/h5,8-14H,1,6-7H2,2-4H3,(H,30,31)/t14-/m0/s1. The third-order valence-electron chi connectivity index (χ3n) is 4.89. The first kappa shape index (κ1) is 24.2. The third-order valence-corrected chi connectivity index (χ3v) is 5.39. The van der Waals surface area contributed by atoms with Gasteiger partial charge >= 0.3 is 5.97 Å². The number of carbonyl (C=O) groups is 1. The molecule has 2 aromatic carbocycles. The molecule has 0 saturated heterocycles. The number of allylic oxidation sites excluding steroid dienone is 1. The van der Waals surface area contributed by atoms with Gasteiger partial charge in [0.1, 0.15) is 5.82 Å². The number of aromatic nitrogens is 2. The van der Waals surface area contributed by atoms with Crippen LogP contribution in [0.15, 0.2) is 57.4 Å². The van der Waals surface area contributed by atoms with Gasteiger partial charge in [0.05, 0.1) is 24.2 Å². The number of hydrogen-bond acceptors (Lipinski definition) is 6. The van der Waals surface area contributed by atoms with Crippen molar-refractivity contribution in [1.29, 1.82) is 0 Å². The molecule has 0 amide bonds. The van der Waals surface area contributed by atoms with Gasteiger partial charge in [-0.1, -0.05) is 28.9 Å². The Bertz CT molecular complexity index is 1300. The summed E-state index contributed by atoms with van der Waals surface area (Å²) in [7, 11) is 1.47. The normalized spacial score (nSPS) is 12.1. The number of halogens is 1. The van der Waals surface area contributed by atoms with Crippen LogP contribution in [-0.2, 0) is 17.6 Å². The van der Waals surface area contributed by atoms with Gasteiger partial charge in [-0.15, -0.1) is 6.58 Å². The fraction of sp³-hybridized carbons (Fsp3) is 0.250. The van der Waals surface area contributed by atoms with Gasteiger partial charge in [-0.05, 0) is 49.2 Å². The van der Waals surface area contributed by atoms with E-state index >= 15 is 0 Å². The summed E-state index contributed by atoms with van der Waals surface area (Å²) in [5.74, 6) is 0.120. The number of rotatable bonds is 9. The highest BCUT2D eigenvalue weighted by Crippen LogP contribution is 2.34. The molecule has 0 spiro atoms. The zero-order valence-electron chi connectivity index (χ0n) is 18.5. The van der Waals surface area contributed by atoms with E-state index in [4.69, 9.17) is 9.47 Å². The Balaban J connectivity index is 2.10. The molecule has 0 aliphatic carbocycles. The monoisotopic (exact) mass is 513 g/mol. The average molecular weight is 514 g/mol. The first-order valence-corrected chi connectivity index (χ1v) is 11.0. The van der Waals surface area contributed by atoms with Crippen LogP contribution < -0.4 is 15.0 Å². The first-order chi connectivity index (χ1) is 15.8. The topological polar surface area (TPSA) is 103 Å². The molecule has 0 unspecified atom stereocenters. The maximum absolute atomic E-state index is 13.1. The van der Waals surface area contributed by atoms with Gasteiger partial charge in [0.25, 0.3) is 5.56 Å². The van der Waals surface area contributed by atoms with Crippen molar-refractivity contribution >= 4 is 39.0 Å². The minimum Gasteiger partial charge on any atom is -0.493 e. The number of aryl methyl sites for hydroxylation is 1. The molecule has 3 aromatic rings. The maximum Gasteiger partial charge on any atom is 0.344 e. The average Bonchev–Trinajstić information content (AvgIpc) is 2.79. The fourth-order valence-corrected chi connectivity index (χ4v) is 3.61. The summed E-state index contributed by atoms with van der Waals surface area (Å²) in [6, 6.07) is 8.81. The van der Waals surface area contributed by atoms with E-state index in [-0.39, 0.29) is 5.56 Å². The van der Waals surface area contributed by atoms with E-state index in [2.05, 4.69) is 32.6 Å². The molecule has 1 N–H and O–H groups in total. The van der Waals surface area contributed by atoms with E-state index in [0.717, 1.165) is 4.47 Å². The summed E-state index contributed by atoms with van der Waals surface area (Å²) in [6.07, 6.45) is 3.09. The van der Waals surface area contributed by atoms with Crippen LogP contribution in [0.2, 0.25) is 0 Å². The van der Waals surface area contributed by atoms with E-state index in [1.54, 1.807) is 30.3 Å². The summed E-state index contributed by atoms with van der Waals surface area (Å²) in [4.78, 5) is 28.9. The lowest BCUT2D eigenvalue weighted by molar-refractivity contribution is -0.144. The molecule has 8 nitrogen and oxygen atoms in total. The van der Waals surface area contributed by atoms with E-state index in [1.807, 2.05) is 13.0 Å². The van der Waals surface area contributed by atoms with Gasteiger partial charge in [0.15, 0.2) is 17.6 Å². The predicted molar refractivity (Wildman–Crippen MR) is 131 cm³/mol. The molecule has 0 aliphatic heterocycles. The molecule has 0 fully saturated rings. The SMILES string of the molecule is C=CCc1cc(C=Nn2c(CC)nc3ccc(Br)cc3c2=O)cc(OC)c1O[C@@H](C)C(=O)O. The number of carboxylic acids is 1. The lowest BCUT2D eigenvalue weighted by atomic mass is 10.1. The van der Waals surface area contributed by atoms with Crippen LogP contribution in [0.5, 0.6) is 11.5 Å². The first-order valence-electron chi connectivity index (χ1n) is 10.3. The highest BCUT2D eigenvalue weighted by molar-refractivity contribution is 9.10. The van der Waals surface area contributed by atoms with Crippen LogP contribution in [-0.4, -0.2) is 40.2 Å².